The summed E-state index contributed by atoms with van der Waals surface area (Å²) in [4.78, 5) is 0. The lowest BCUT2D eigenvalue weighted by Crippen LogP contribution is -2.38. The maximum Gasteiger partial charge on any atom is 0.235 e. The van der Waals surface area contributed by atoms with Crippen LogP contribution in [0.15, 0.2) is 12.0 Å². The molecule has 1 heterocycles. The molecule has 1 unspecified atom stereocenters. The van der Waals surface area contributed by atoms with Crippen LogP contribution in [0.2, 0.25) is 0 Å². The van der Waals surface area contributed by atoms with E-state index in [0.717, 1.165) is 18.2 Å². The molecule has 12 heavy (non-hydrogen) atoms. The predicted octanol–water partition coefficient (Wildman–Crippen LogP) is 1.36. The first-order valence-electron chi connectivity index (χ1n) is 3.83. The van der Waals surface area contributed by atoms with E-state index in [1.165, 1.54) is 4.31 Å². The highest BCUT2D eigenvalue weighted by molar-refractivity contribution is 14.1. The van der Waals surface area contributed by atoms with Crippen LogP contribution in [0.1, 0.15) is 12.8 Å². The van der Waals surface area contributed by atoms with E-state index in [-0.39, 0.29) is 0 Å². The minimum atomic E-state index is -3.16. The zero-order valence-electron chi connectivity index (χ0n) is 6.74. The van der Waals surface area contributed by atoms with E-state index in [1.54, 1.807) is 0 Å². The lowest BCUT2D eigenvalue weighted by molar-refractivity contribution is 0.363. The maximum atomic E-state index is 11.3. The monoisotopic (exact) mass is 301 g/mol. The molecule has 5 heteroatoms. The fourth-order valence-corrected chi connectivity index (χ4v) is 3.39. The summed E-state index contributed by atoms with van der Waals surface area (Å²) in [5.74, 6) is 0. The Balaban J connectivity index is 2.69. The Kier molecular flexibility index (Phi) is 3.54. The van der Waals surface area contributed by atoms with Crippen molar-refractivity contribution in [2.75, 3.05) is 13.1 Å². The van der Waals surface area contributed by atoms with Gasteiger partial charge in [-0.2, -0.15) is 4.31 Å². The van der Waals surface area contributed by atoms with E-state index in [4.69, 9.17) is 0 Å². The molecule has 0 aromatic carbocycles. The number of piperidine rings is 1. The summed E-state index contributed by atoms with van der Waals surface area (Å²) in [6, 6.07) is 0. The molecule has 1 atom stereocenters. The molecule has 0 aliphatic carbocycles. The third-order valence-electron chi connectivity index (χ3n) is 1.90. The van der Waals surface area contributed by atoms with E-state index < -0.39 is 10.0 Å². The SMILES string of the molecule is C=CS(=O)(=O)N1CCCC(I)C1. The van der Waals surface area contributed by atoms with Gasteiger partial charge in [-0.1, -0.05) is 29.2 Å². The predicted molar refractivity (Wildman–Crippen MR) is 57.7 cm³/mol. The number of rotatable bonds is 2. The van der Waals surface area contributed by atoms with Crippen LogP contribution in [0.25, 0.3) is 0 Å². The molecule has 1 aliphatic rings. The molecular weight excluding hydrogens is 289 g/mol. The molecule has 1 fully saturated rings. The summed E-state index contributed by atoms with van der Waals surface area (Å²) in [5.41, 5.74) is 0. The van der Waals surface area contributed by atoms with Crippen molar-refractivity contribution in [3.8, 4) is 0 Å². The van der Waals surface area contributed by atoms with Crippen molar-refractivity contribution < 1.29 is 8.42 Å². The van der Waals surface area contributed by atoms with Gasteiger partial charge in [0.15, 0.2) is 0 Å². The van der Waals surface area contributed by atoms with Gasteiger partial charge >= 0.3 is 0 Å². The van der Waals surface area contributed by atoms with Crippen LogP contribution >= 0.6 is 22.6 Å². The van der Waals surface area contributed by atoms with Crippen molar-refractivity contribution in [1.29, 1.82) is 0 Å². The second-order valence-electron chi connectivity index (χ2n) is 2.81. The Morgan fingerprint density at radius 2 is 2.25 bits per heavy atom. The molecule has 0 saturated carbocycles. The van der Waals surface area contributed by atoms with Crippen LogP contribution in [0.3, 0.4) is 0 Å². The maximum absolute atomic E-state index is 11.3. The van der Waals surface area contributed by atoms with Crippen molar-refractivity contribution >= 4 is 32.6 Å². The smallest absolute Gasteiger partial charge is 0.208 e. The second kappa shape index (κ2) is 4.06. The molecule has 1 rings (SSSR count). The lowest BCUT2D eigenvalue weighted by Gasteiger charge is -2.27. The number of sulfonamides is 1. The number of halogens is 1. The minimum Gasteiger partial charge on any atom is -0.208 e. The highest BCUT2D eigenvalue weighted by atomic mass is 127. The Morgan fingerprint density at radius 3 is 2.75 bits per heavy atom. The Morgan fingerprint density at radius 1 is 1.58 bits per heavy atom. The fourth-order valence-electron chi connectivity index (χ4n) is 1.23. The molecule has 0 radical (unpaired) electrons. The van der Waals surface area contributed by atoms with Crippen molar-refractivity contribution in [1.82, 2.24) is 4.31 Å². The summed E-state index contributed by atoms with van der Waals surface area (Å²) >= 11 is 2.29. The van der Waals surface area contributed by atoms with Crippen LogP contribution < -0.4 is 0 Å². The Labute approximate surface area is 87.0 Å². The number of nitrogens with zero attached hydrogens (tertiary/aromatic N) is 1. The molecule has 0 N–H and O–H groups in total. The molecule has 0 aromatic rings. The first-order valence-corrected chi connectivity index (χ1v) is 6.58. The minimum absolute atomic E-state index is 0.450. The Bertz CT molecular complexity index is 263. The fraction of sp³-hybridized carbons (Fsp3) is 0.714. The average Bonchev–Trinajstić information content (AvgIpc) is 2.05. The van der Waals surface area contributed by atoms with E-state index >= 15 is 0 Å². The summed E-state index contributed by atoms with van der Waals surface area (Å²) < 4.78 is 24.6. The molecule has 1 saturated heterocycles. The van der Waals surface area contributed by atoms with E-state index in [0.29, 0.717) is 17.0 Å². The molecular formula is C7H12INO2S. The van der Waals surface area contributed by atoms with Gasteiger partial charge in [-0.3, -0.25) is 0 Å². The van der Waals surface area contributed by atoms with Crippen LogP contribution in [-0.2, 0) is 10.0 Å². The van der Waals surface area contributed by atoms with E-state index in [2.05, 4.69) is 29.2 Å². The van der Waals surface area contributed by atoms with E-state index in [9.17, 15) is 8.42 Å². The van der Waals surface area contributed by atoms with Gasteiger partial charge in [0, 0.05) is 22.4 Å². The van der Waals surface area contributed by atoms with E-state index in [1.807, 2.05) is 0 Å². The van der Waals surface area contributed by atoms with Gasteiger partial charge in [-0.15, -0.1) is 0 Å². The van der Waals surface area contributed by atoms with Gasteiger partial charge in [0.2, 0.25) is 10.0 Å². The highest BCUT2D eigenvalue weighted by Gasteiger charge is 2.24. The standard InChI is InChI=1S/C7H12INO2S/c1-2-12(10,11)9-5-3-4-7(8)6-9/h2,7H,1,3-6H2. The summed E-state index contributed by atoms with van der Waals surface area (Å²) in [7, 11) is -3.16. The van der Waals surface area contributed by atoms with Crippen LogP contribution in [-0.4, -0.2) is 29.7 Å². The molecule has 3 nitrogen and oxygen atoms in total. The van der Waals surface area contributed by atoms with Crippen molar-refractivity contribution in [2.45, 2.75) is 16.8 Å². The zero-order chi connectivity index (χ0) is 9.19. The van der Waals surface area contributed by atoms with Gasteiger partial charge in [-0.05, 0) is 12.8 Å². The van der Waals surface area contributed by atoms with Crippen LogP contribution in [0.4, 0.5) is 0 Å². The molecule has 1 aliphatic heterocycles. The molecule has 0 bridgehead atoms. The lowest BCUT2D eigenvalue weighted by atomic mass is 10.2. The number of alkyl halides is 1. The van der Waals surface area contributed by atoms with Gasteiger partial charge in [0.05, 0.1) is 0 Å². The van der Waals surface area contributed by atoms with Crippen LogP contribution in [0, 0.1) is 0 Å². The van der Waals surface area contributed by atoms with Gasteiger partial charge in [0.25, 0.3) is 0 Å². The zero-order valence-corrected chi connectivity index (χ0v) is 9.71. The number of hydrogen-bond donors (Lipinski definition) is 0. The first-order chi connectivity index (χ1) is 5.56. The topological polar surface area (TPSA) is 37.4 Å². The van der Waals surface area contributed by atoms with Gasteiger partial charge < -0.3 is 0 Å². The third kappa shape index (κ3) is 2.43. The second-order valence-corrected chi connectivity index (χ2v) is 6.45. The number of hydrogen-bond acceptors (Lipinski definition) is 2. The summed E-state index contributed by atoms with van der Waals surface area (Å²) in [6.45, 7) is 4.58. The van der Waals surface area contributed by atoms with Crippen molar-refractivity contribution in [2.24, 2.45) is 0 Å². The molecule has 0 spiro atoms. The first kappa shape index (κ1) is 10.5. The molecule has 0 amide bonds. The normalized spacial score (nSPS) is 26.9. The van der Waals surface area contributed by atoms with Crippen molar-refractivity contribution in [3.63, 3.8) is 0 Å². The van der Waals surface area contributed by atoms with Gasteiger partial charge in [0.1, 0.15) is 0 Å². The quantitative estimate of drug-likeness (QED) is 0.570. The largest absolute Gasteiger partial charge is 0.235 e. The summed E-state index contributed by atoms with van der Waals surface area (Å²) in [5, 5.41) is 1.03. The average molecular weight is 301 g/mol. The highest BCUT2D eigenvalue weighted by Crippen LogP contribution is 2.19. The molecule has 0 aromatic heterocycles. The third-order valence-corrected chi connectivity index (χ3v) is 4.39. The summed E-state index contributed by atoms with van der Waals surface area (Å²) in [6.07, 6.45) is 2.07. The Hall–Kier alpha value is 0.380. The van der Waals surface area contributed by atoms with Gasteiger partial charge in [-0.25, -0.2) is 8.42 Å². The molecule has 70 valence electrons. The van der Waals surface area contributed by atoms with Crippen LogP contribution in [0.5, 0.6) is 0 Å². The van der Waals surface area contributed by atoms with Crippen molar-refractivity contribution in [3.05, 3.63) is 12.0 Å².